The molecule has 0 spiro atoms. The summed E-state index contributed by atoms with van der Waals surface area (Å²) in [6, 6.07) is 19.4. The van der Waals surface area contributed by atoms with E-state index >= 15 is 0 Å². The lowest BCUT2D eigenvalue weighted by Gasteiger charge is -1.94. The third-order valence-corrected chi connectivity index (χ3v) is 4.40. The Labute approximate surface area is 168 Å². The van der Waals surface area contributed by atoms with Crippen LogP contribution in [0.5, 0.6) is 0 Å². The van der Waals surface area contributed by atoms with E-state index in [4.69, 9.17) is 15.3 Å². The summed E-state index contributed by atoms with van der Waals surface area (Å²) in [5.41, 5.74) is 4.67. The normalized spacial score (nSPS) is 10.5. The van der Waals surface area contributed by atoms with Gasteiger partial charge in [-0.05, 0) is 6.92 Å². The molecule has 0 saturated heterocycles. The van der Waals surface area contributed by atoms with Gasteiger partial charge < -0.3 is 25.3 Å². The van der Waals surface area contributed by atoms with E-state index in [1.54, 1.807) is 0 Å². The van der Waals surface area contributed by atoms with Gasteiger partial charge in [-0.3, -0.25) is 0 Å². The van der Waals surface area contributed by atoms with Crippen LogP contribution in [0, 0.1) is 6.92 Å². The van der Waals surface area contributed by atoms with Crippen LogP contribution in [0.3, 0.4) is 0 Å². The van der Waals surface area contributed by atoms with Gasteiger partial charge >= 0.3 is 0 Å². The first-order chi connectivity index (χ1) is 14.2. The van der Waals surface area contributed by atoms with E-state index in [-0.39, 0.29) is 19.8 Å². The van der Waals surface area contributed by atoms with E-state index in [1.165, 1.54) is 0 Å². The van der Waals surface area contributed by atoms with Crippen molar-refractivity contribution in [2.45, 2.75) is 26.7 Å². The van der Waals surface area contributed by atoms with Crippen molar-refractivity contribution in [3.05, 3.63) is 83.4 Å². The number of nitrogens with one attached hydrogen (secondary N) is 2. The smallest absolute Gasteiger partial charge is 0.137 e. The number of aromatic nitrogens is 4. The summed E-state index contributed by atoms with van der Waals surface area (Å²) >= 11 is 0. The van der Waals surface area contributed by atoms with Crippen molar-refractivity contribution in [3.63, 3.8) is 0 Å². The summed E-state index contributed by atoms with van der Waals surface area (Å²) in [5, 5.41) is 27.0. The third-order valence-electron chi connectivity index (χ3n) is 4.40. The average molecular weight is 392 g/mol. The van der Waals surface area contributed by atoms with Gasteiger partial charge in [-0.1, -0.05) is 60.7 Å². The molecule has 0 fully saturated rings. The molecule has 0 aliphatic carbocycles. The van der Waals surface area contributed by atoms with Crippen molar-refractivity contribution in [3.8, 4) is 22.8 Å². The number of rotatable bonds is 5. The Bertz CT molecular complexity index is 1010. The minimum Gasteiger partial charge on any atom is -0.390 e. The van der Waals surface area contributed by atoms with Gasteiger partial charge in [0.25, 0.3) is 0 Å². The van der Waals surface area contributed by atoms with E-state index in [1.807, 2.05) is 67.6 Å². The minimum absolute atomic E-state index is 0.0187. The number of nitrogens with zero attached hydrogens (tertiary/aromatic N) is 2. The lowest BCUT2D eigenvalue weighted by Crippen LogP contribution is -1.91. The second-order valence-corrected chi connectivity index (χ2v) is 6.37. The molecule has 7 nitrogen and oxygen atoms in total. The third kappa shape index (κ3) is 4.97. The highest BCUT2D eigenvalue weighted by molar-refractivity contribution is 5.56. The summed E-state index contributed by atoms with van der Waals surface area (Å²) in [4.78, 5) is 14.6. The van der Waals surface area contributed by atoms with Gasteiger partial charge in [0.1, 0.15) is 11.6 Å². The number of H-pyrrole nitrogens is 2. The Morgan fingerprint density at radius 1 is 0.655 bits per heavy atom. The zero-order valence-corrected chi connectivity index (χ0v) is 16.1. The Kier molecular flexibility index (Phi) is 6.91. The molecule has 5 N–H and O–H groups in total. The number of aromatic amines is 2. The lowest BCUT2D eigenvalue weighted by molar-refractivity contribution is 0.255. The van der Waals surface area contributed by atoms with Gasteiger partial charge in [-0.25, -0.2) is 9.97 Å². The molecule has 0 bridgehead atoms. The molecule has 4 aromatic rings. The molecule has 150 valence electrons. The molecule has 0 saturated carbocycles. The van der Waals surface area contributed by atoms with Crippen LogP contribution in [-0.2, 0) is 19.8 Å². The zero-order chi connectivity index (χ0) is 20.6. The molecule has 4 rings (SSSR count). The maximum absolute atomic E-state index is 9.03. The second kappa shape index (κ2) is 9.79. The quantitative estimate of drug-likeness (QED) is 0.358. The summed E-state index contributed by atoms with van der Waals surface area (Å²) < 4.78 is 0. The zero-order valence-electron chi connectivity index (χ0n) is 16.1. The van der Waals surface area contributed by atoms with Gasteiger partial charge in [0.2, 0.25) is 0 Å². The van der Waals surface area contributed by atoms with Crippen LogP contribution in [0.1, 0.15) is 22.8 Å². The molecule has 0 radical (unpaired) electrons. The summed E-state index contributed by atoms with van der Waals surface area (Å²) in [6.07, 6.45) is 0. The first kappa shape index (κ1) is 20.5. The maximum atomic E-state index is 9.03. The maximum Gasteiger partial charge on any atom is 0.137 e. The average Bonchev–Trinajstić information content (AvgIpc) is 3.38. The van der Waals surface area contributed by atoms with Crippen LogP contribution < -0.4 is 0 Å². The largest absolute Gasteiger partial charge is 0.390 e. The van der Waals surface area contributed by atoms with E-state index in [0.29, 0.717) is 22.9 Å². The molecule has 2 aromatic carbocycles. The van der Waals surface area contributed by atoms with Crippen LogP contribution >= 0.6 is 0 Å². The van der Waals surface area contributed by atoms with E-state index < -0.39 is 0 Å². The van der Waals surface area contributed by atoms with E-state index in [0.717, 1.165) is 22.6 Å². The molecule has 2 heterocycles. The first-order valence-corrected chi connectivity index (χ1v) is 9.23. The van der Waals surface area contributed by atoms with Crippen LogP contribution in [-0.4, -0.2) is 35.3 Å². The van der Waals surface area contributed by atoms with Crippen molar-refractivity contribution < 1.29 is 15.3 Å². The van der Waals surface area contributed by atoms with Crippen molar-refractivity contribution in [2.24, 2.45) is 0 Å². The topological polar surface area (TPSA) is 118 Å². The molecule has 0 atom stereocenters. The second-order valence-electron chi connectivity index (χ2n) is 6.37. The Hall–Kier alpha value is -3.26. The SMILES string of the molecule is Cc1[nH]c(-c2ccccc2)nc1CO.OCc1nc(-c2ccccc2)[nH]c1CO. The highest BCUT2D eigenvalue weighted by Gasteiger charge is 2.09. The molecule has 7 heteroatoms. The van der Waals surface area contributed by atoms with Gasteiger partial charge in [-0.2, -0.15) is 0 Å². The predicted molar refractivity (Wildman–Crippen MR) is 111 cm³/mol. The molecule has 0 aliphatic heterocycles. The summed E-state index contributed by atoms with van der Waals surface area (Å²) in [5.74, 6) is 1.48. The summed E-state index contributed by atoms with van der Waals surface area (Å²) in [7, 11) is 0. The van der Waals surface area contributed by atoms with Crippen LogP contribution in [0.25, 0.3) is 22.8 Å². The first-order valence-electron chi connectivity index (χ1n) is 9.23. The molecular formula is C22H24N4O3. The van der Waals surface area contributed by atoms with Crippen LogP contribution in [0.4, 0.5) is 0 Å². The molecule has 29 heavy (non-hydrogen) atoms. The fourth-order valence-corrected chi connectivity index (χ4v) is 2.82. The van der Waals surface area contributed by atoms with E-state index in [9.17, 15) is 0 Å². The summed E-state index contributed by atoms with van der Waals surface area (Å²) in [6.45, 7) is 1.58. The Morgan fingerprint density at radius 3 is 1.55 bits per heavy atom. The fourth-order valence-electron chi connectivity index (χ4n) is 2.82. The molecule has 0 amide bonds. The highest BCUT2D eigenvalue weighted by Crippen LogP contribution is 2.18. The van der Waals surface area contributed by atoms with Crippen LogP contribution in [0.15, 0.2) is 60.7 Å². The number of aliphatic hydroxyl groups is 3. The number of hydrogen-bond acceptors (Lipinski definition) is 5. The van der Waals surface area contributed by atoms with Gasteiger partial charge in [0, 0.05) is 16.8 Å². The number of aliphatic hydroxyl groups excluding tert-OH is 3. The minimum atomic E-state index is -0.167. The molecule has 0 aliphatic rings. The highest BCUT2D eigenvalue weighted by atomic mass is 16.3. The van der Waals surface area contributed by atoms with Crippen molar-refractivity contribution in [2.75, 3.05) is 0 Å². The van der Waals surface area contributed by atoms with Gasteiger partial charge in [0.15, 0.2) is 0 Å². The molecule has 0 unspecified atom stereocenters. The van der Waals surface area contributed by atoms with Crippen molar-refractivity contribution >= 4 is 0 Å². The van der Waals surface area contributed by atoms with Gasteiger partial charge in [0.05, 0.1) is 36.9 Å². The van der Waals surface area contributed by atoms with E-state index in [2.05, 4.69) is 19.9 Å². The monoisotopic (exact) mass is 392 g/mol. The lowest BCUT2D eigenvalue weighted by atomic mass is 10.2. The van der Waals surface area contributed by atoms with Crippen molar-refractivity contribution in [1.29, 1.82) is 0 Å². The molecule has 2 aromatic heterocycles. The number of imidazole rings is 2. The predicted octanol–water partition coefficient (Wildman–Crippen LogP) is 2.94. The Balaban J connectivity index is 0.000000166. The standard InChI is InChI=1S/C11H12N2O2.C11H12N2O/c14-6-9-10(7-15)13-11(12-9)8-4-2-1-3-5-8;1-8-10(7-14)13-11(12-8)9-5-3-2-4-6-9/h1-5,14-15H,6-7H2,(H,12,13);2-6,14H,7H2,1H3,(H,12,13). The van der Waals surface area contributed by atoms with Gasteiger partial charge in [-0.15, -0.1) is 0 Å². The van der Waals surface area contributed by atoms with Crippen molar-refractivity contribution in [1.82, 2.24) is 19.9 Å². The number of hydrogen-bond donors (Lipinski definition) is 5. The molecular weight excluding hydrogens is 368 g/mol. The fraction of sp³-hybridized carbons (Fsp3) is 0.182. The number of aryl methyl sites for hydroxylation is 1. The number of benzene rings is 2. The van der Waals surface area contributed by atoms with Crippen LogP contribution in [0.2, 0.25) is 0 Å². The Morgan fingerprint density at radius 2 is 1.14 bits per heavy atom.